The van der Waals surface area contributed by atoms with Crippen molar-refractivity contribution in [2.24, 2.45) is 0 Å². The van der Waals surface area contributed by atoms with E-state index in [2.05, 4.69) is 15.9 Å². The normalized spacial score (nSPS) is 41.8. The van der Waals surface area contributed by atoms with Crippen molar-refractivity contribution in [3.8, 4) is 0 Å². The molecule has 4 atom stereocenters. The summed E-state index contributed by atoms with van der Waals surface area (Å²) in [5.41, 5.74) is 0. The van der Waals surface area contributed by atoms with Crippen LogP contribution >= 0.6 is 15.9 Å². The van der Waals surface area contributed by atoms with Gasteiger partial charge >= 0.3 is 0 Å². The highest BCUT2D eigenvalue weighted by atomic mass is 79.9. The molecule has 0 saturated carbocycles. The first-order valence-corrected chi connectivity index (χ1v) is 5.68. The van der Waals surface area contributed by atoms with Gasteiger partial charge in [-0.3, -0.25) is 0 Å². The number of aliphatic hydroxyl groups excluding tert-OH is 4. The summed E-state index contributed by atoms with van der Waals surface area (Å²) in [6, 6.07) is 0. The summed E-state index contributed by atoms with van der Waals surface area (Å²) in [6.07, 6.45) is -4.04. The van der Waals surface area contributed by atoms with Gasteiger partial charge in [0.25, 0.3) is 0 Å². The number of halogens is 1. The largest absolute Gasteiger partial charge is 0.391 e. The molecule has 6 nitrogen and oxygen atoms in total. The van der Waals surface area contributed by atoms with Crippen LogP contribution in [0.25, 0.3) is 0 Å². The number of rotatable bonds is 4. The maximum absolute atomic E-state index is 9.65. The second-order valence-electron chi connectivity index (χ2n) is 3.32. The molecule has 0 aromatic carbocycles. The van der Waals surface area contributed by atoms with Crippen molar-refractivity contribution >= 4 is 15.9 Å². The maximum Gasteiger partial charge on any atom is 0.221 e. The third kappa shape index (κ3) is 2.68. The van der Waals surface area contributed by atoms with Crippen LogP contribution in [0, 0.1) is 0 Å². The smallest absolute Gasteiger partial charge is 0.221 e. The molecule has 1 heterocycles. The molecule has 90 valence electrons. The van der Waals surface area contributed by atoms with E-state index in [-0.39, 0.29) is 13.2 Å². The minimum absolute atomic E-state index is 0.193. The van der Waals surface area contributed by atoms with E-state index in [1.807, 2.05) is 0 Å². The first kappa shape index (κ1) is 13.3. The molecule has 1 aliphatic heterocycles. The highest BCUT2D eigenvalue weighted by Crippen LogP contribution is 2.27. The van der Waals surface area contributed by atoms with Crippen LogP contribution in [-0.2, 0) is 9.47 Å². The maximum atomic E-state index is 9.65. The molecule has 15 heavy (non-hydrogen) atoms. The summed E-state index contributed by atoms with van der Waals surface area (Å²) < 4.78 is 10.2. The van der Waals surface area contributed by atoms with Crippen LogP contribution in [0.15, 0.2) is 0 Å². The topological polar surface area (TPSA) is 99.4 Å². The van der Waals surface area contributed by atoms with Crippen molar-refractivity contribution < 1.29 is 29.9 Å². The van der Waals surface area contributed by atoms with Crippen molar-refractivity contribution in [1.82, 2.24) is 0 Å². The SMILES string of the molecule is OCC1(OCCBr)OC[C@@H](O)[C@@H](O)[C@@H]1O. The third-order valence-corrected chi connectivity index (χ3v) is 2.63. The molecule has 0 aromatic rings. The fraction of sp³-hybridized carbons (Fsp3) is 1.00. The van der Waals surface area contributed by atoms with Crippen molar-refractivity contribution in [2.45, 2.75) is 24.1 Å². The van der Waals surface area contributed by atoms with Crippen LogP contribution in [0.1, 0.15) is 0 Å². The molecule has 0 radical (unpaired) electrons. The average Bonchev–Trinajstić information content (AvgIpc) is 2.26. The molecule has 0 bridgehead atoms. The molecule has 1 rings (SSSR count). The predicted octanol–water partition coefficient (Wildman–Crippen LogP) is -1.80. The molecule has 0 aliphatic carbocycles. The van der Waals surface area contributed by atoms with Crippen LogP contribution in [-0.4, -0.2) is 69.7 Å². The summed E-state index contributed by atoms with van der Waals surface area (Å²) in [6.45, 7) is -0.577. The Hall–Kier alpha value is 0.240. The van der Waals surface area contributed by atoms with Crippen LogP contribution in [0.3, 0.4) is 0 Å². The van der Waals surface area contributed by atoms with Crippen molar-refractivity contribution in [2.75, 3.05) is 25.2 Å². The second-order valence-corrected chi connectivity index (χ2v) is 4.11. The van der Waals surface area contributed by atoms with E-state index >= 15 is 0 Å². The molecule has 0 aromatic heterocycles. The lowest BCUT2D eigenvalue weighted by Gasteiger charge is -2.43. The van der Waals surface area contributed by atoms with E-state index in [0.29, 0.717) is 5.33 Å². The van der Waals surface area contributed by atoms with E-state index in [9.17, 15) is 15.3 Å². The summed E-state index contributed by atoms with van der Waals surface area (Å²) in [5, 5.41) is 37.9. The van der Waals surface area contributed by atoms with Gasteiger partial charge in [0.05, 0.1) is 13.2 Å². The number of alkyl halides is 1. The monoisotopic (exact) mass is 286 g/mol. The minimum Gasteiger partial charge on any atom is -0.391 e. The van der Waals surface area contributed by atoms with Gasteiger partial charge < -0.3 is 29.9 Å². The summed E-state index contributed by atoms with van der Waals surface area (Å²) in [7, 11) is 0. The van der Waals surface area contributed by atoms with Crippen LogP contribution in [0.5, 0.6) is 0 Å². The Kier molecular flexibility index (Phi) is 4.91. The van der Waals surface area contributed by atoms with Gasteiger partial charge in [0.1, 0.15) is 24.9 Å². The van der Waals surface area contributed by atoms with Gasteiger partial charge in [0, 0.05) is 5.33 Å². The van der Waals surface area contributed by atoms with Gasteiger partial charge in [-0.25, -0.2) is 0 Å². The fourth-order valence-electron chi connectivity index (χ4n) is 1.40. The predicted molar refractivity (Wildman–Crippen MR) is 53.5 cm³/mol. The standard InChI is InChI=1S/C8H15BrO6/c9-1-2-14-8(4-10)7(13)6(12)5(11)3-15-8/h5-7,10-13H,1-4H2/t5-,6-,7+,8?/m1/s1. The molecule has 0 spiro atoms. The fourth-order valence-corrected chi connectivity index (χ4v) is 1.57. The molecule has 7 heteroatoms. The lowest BCUT2D eigenvalue weighted by atomic mass is 9.97. The second kappa shape index (κ2) is 5.53. The zero-order chi connectivity index (χ0) is 11.5. The van der Waals surface area contributed by atoms with Gasteiger partial charge in [0.2, 0.25) is 5.79 Å². The summed E-state index contributed by atoms with van der Waals surface area (Å²) in [4.78, 5) is 0. The van der Waals surface area contributed by atoms with E-state index in [1.165, 1.54) is 0 Å². The van der Waals surface area contributed by atoms with E-state index in [4.69, 9.17) is 14.6 Å². The highest BCUT2D eigenvalue weighted by Gasteiger charge is 2.50. The van der Waals surface area contributed by atoms with Crippen molar-refractivity contribution in [3.63, 3.8) is 0 Å². The van der Waals surface area contributed by atoms with Crippen LogP contribution < -0.4 is 0 Å². The Morgan fingerprint density at radius 2 is 2.07 bits per heavy atom. The van der Waals surface area contributed by atoms with Crippen molar-refractivity contribution in [3.05, 3.63) is 0 Å². The Bertz CT molecular complexity index is 200. The van der Waals surface area contributed by atoms with Crippen LogP contribution in [0.4, 0.5) is 0 Å². The molecule has 1 aliphatic rings. The zero-order valence-electron chi connectivity index (χ0n) is 8.04. The summed E-state index contributed by atoms with van der Waals surface area (Å²) >= 11 is 3.12. The Morgan fingerprint density at radius 1 is 1.40 bits per heavy atom. The minimum atomic E-state index is -1.65. The zero-order valence-corrected chi connectivity index (χ0v) is 9.63. The number of ether oxygens (including phenoxy) is 2. The molecule has 4 N–H and O–H groups in total. The molecule has 1 unspecified atom stereocenters. The average molecular weight is 287 g/mol. The molecule has 1 fully saturated rings. The van der Waals surface area contributed by atoms with Gasteiger partial charge in [-0.05, 0) is 0 Å². The number of hydrogen-bond donors (Lipinski definition) is 4. The summed E-state index contributed by atoms with van der Waals surface area (Å²) in [5.74, 6) is -1.65. The Balaban J connectivity index is 2.71. The van der Waals surface area contributed by atoms with Gasteiger partial charge in [-0.1, -0.05) is 15.9 Å². The van der Waals surface area contributed by atoms with Gasteiger partial charge in [-0.2, -0.15) is 0 Å². The van der Waals surface area contributed by atoms with E-state index in [1.54, 1.807) is 0 Å². The molecular weight excluding hydrogens is 272 g/mol. The van der Waals surface area contributed by atoms with Gasteiger partial charge in [0.15, 0.2) is 0 Å². The molecular formula is C8H15BrO6. The lowest BCUT2D eigenvalue weighted by Crippen LogP contribution is -2.63. The van der Waals surface area contributed by atoms with Crippen molar-refractivity contribution in [1.29, 1.82) is 0 Å². The van der Waals surface area contributed by atoms with E-state index in [0.717, 1.165) is 0 Å². The van der Waals surface area contributed by atoms with Gasteiger partial charge in [-0.15, -0.1) is 0 Å². The number of aliphatic hydroxyl groups is 4. The first-order valence-electron chi connectivity index (χ1n) is 4.56. The number of hydrogen-bond acceptors (Lipinski definition) is 6. The van der Waals surface area contributed by atoms with E-state index < -0.39 is 30.7 Å². The van der Waals surface area contributed by atoms with Crippen LogP contribution in [0.2, 0.25) is 0 Å². The Labute approximate surface area is 95.6 Å². The third-order valence-electron chi connectivity index (χ3n) is 2.31. The molecule has 0 amide bonds. The Morgan fingerprint density at radius 3 is 2.60 bits per heavy atom. The lowest BCUT2D eigenvalue weighted by molar-refractivity contribution is -0.347. The first-order chi connectivity index (χ1) is 7.07. The highest BCUT2D eigenvalue weighted by molar-refractivity contribution is 9.09. The molecule has 1 saturated heterocycles. The quantitative estimate of drug-likeness (QED) is 0.455.